The van der Waals surface area contributed by atoms with E-state index < -0.39 is 0 Å². The Hall–Kier alpha value is -0.0800. The van der Waals surface area contributed by atoms with Crippen LogP contribution in [0, 0.1) is 23.2 Å². The van der Waals surface area contributed by atoms with Crippen molar-refractivity contribution in [2.45, 2.75) is 51.5 Å². The standard InChI is InChI=1S/C15H27NO/c1-11(16-3-4-17-2)15-8-12-5-13(9-15)7-14(6-12)10-15/h11-14,16H,3-10H2,1-2H3. The maximum absolute atomic E-state index is 5.15. The highest BCUT2D eigenvalue weighted by Gasteiger charge is 2.52. The van der Waals surface area contributed by atoms with Gasteiger partial charge in [-0.3, -0.25) is 0 Å². The van der Waals surface area contributed by atoms with Crippen molar-refractivity contribution in [3.63, 3.8) is 0 Å². The van der Waals surface area contributed by atoms with E-state index in [2.05, 4.69) is 12.2 Å². The number of methoxy groups -OCH3 is 1. The van der Waals surface area contributed by atoms with Crippen molar-refractivity contribution < 1.29 is 4.74 Å². The molecule has 0 aromatic rings. The minimum absolute atomic E-state index is 0.641. The third-order valence-corrected chi connectivity index (χ3v) is 5.76. The monoisotopic (exact) mass is 237 g/mol. The molecule has 0 aromatic carbocycles. The van der Waals surface area contributed by atoms with Crippen molar-refractivity contribution in [3.8, 4) is 0 Å². The van der Waals surface area contributed by atoms with Crippen LogP contribution < -0.4 is 5.32 Å². The van der Waals surface area contributed by atoms with Gasteiger partial charge in [-0.25, -0.2) is 0 Å². The summed E-state index contributed by atoms with van der Waals surface area (Å²) in [6.07, 6.45) is 9.14. The molecule has 1 N–H and O–H groups in total. The van der Waals surface area contributed by atoms with Crippen LogP contribution in [0.15, 0.2) is 0 Å². The van der Waals surface area contributed by atoms with E-state index in [1.807, 2.05) is 0 Å². The van der Waals surface area contributed by atoms with E-state index >= 15 is 0 Å². The van der Waals surface area contributed by atoms with E-state index in [4.69, 9.17) is 4.74 Å². The molecule has 4 aliphatic rings. The van der Waals surface area contributed by atoms with Gasteiger partial charge in [0.1, 0.15) is 0 Å². The topological polar surface area (TPSA) is 21.3 Å². The third kappa shape index (κ3) is 2.15. The van der Waals surface area contributed by atoms with Crippen LogP contribution in [0.3, 0.4) is 0 Å². The molecule has 2 heteroatoms. The highest BCUT2D eigenvalue weighted by Crippen LogP contribution is 2.61. The van der Waals surface area contributed by atoms with Crippen LogP contribution in [0.4, 0.5) is 0 Å². The average molecular weight is 237 g/mol. The van der Waals surface area contributed by atoms with Crippen molar-refractivity contribution in [2.75, 3.05) is 20.3 Å². The predicted octanol–water partition coefficient (Wildman–Crippen LogP) is 2.83. The quantitative estimate of drug-likeness (QED) is 0.742. The third-order valence-electron chi connectivity index (χ3n) is 5.76. The first-order valence-electron chi connectivity index (χ1n) is 7.44. The van der Waals surface area contributed by atoms with Crippen LogP contribution in [0.1, 0.15) is 45.4 Å². The summed E-state index contributed by atoms with van der Waals surface area (Å²) >= 11 is 0. The predicted molar refractivity (Wildman–Crippen MR) is 69.9 cm³/mol. The van der Waals surface area contributed by atoms with E-state index in [0.717, 1.165) is 30.9 Å². The summed E-state index contributed by atoms with van der Waals surface area (Å²) in [4.78, 5) is 0. The number of nitrogens with one attached hydrogen (secondary N) is 1. The molecule has 98 valence electrons. The van der Waals surface area contributed by atoms with Gasteiger partial charge in [-0.05, 0) is 68.6 Å². The zero-order valence-electron chi connectivity index (χ0n) is 11.4. The van der Waals surface area contributed by atoms with E-state index in [1.165, 1.54) is 19.3 Å². The number of ether oxygens (including phenoxy) is 1. The van der Waals surface area contributed by atoms with Gasteiger partial charge in [0.25, 0.3) is 0 Å². The van der Waals surface area contributed by atoms with Gasteiger partial charge in [-0.15, -0.1) is 0 Å². The Balaban J connectivity index is 1.64. The first kappa shape index (κ1) is 12.0. The Bertz CT molecular complexity index is 241. The van der Waals surface area contributed by atoms with Crippen LogP contribution in [0.25, 0.3) is 0 Å². The highest BCUT2D eigenvalue weighted by molar-refractivity contribution is 5.05. The first-order valence-corrected chi connectivity index (χ1v) is 7.44. The summed E-state index contributed by atoms with van der Waals surface area (Å²) in [7, 11) is 1.79. The fourth-order valence-electron chi connectivity index (χ4n) is 5.30. The molecule has 4 bridgehead atoms. The summed E-state index contributed by atoms with van der Waals surface area (Å²) in [5.74, 6) is 3.19. The van der Waals surface area contributed by atoms with Crippen molar-refractivity contribution in [3.05, 3.63) is 0 Å². The molecule has 0 aliphatic heterocycles. The van der Waals surface area contributed by atoms with Gasteiger partial charge in [-0.2, -0.15) is 0 Å². The van der Waals surface area contributed by atoms with Gasteiger partial charge in [-0.1, -0.05) is 0 Å². The molecule has 0 spiro atoms. The lowest BCUT2D eigenvalue weighted by Gasteiger charge is -2.59. The Labute approximate surface area is 105 Å². The zero-order chi connectivity index (χ0) is 11.9. The molecule has 0 heterocycles. The molecule has 4 rings (SSSR count). The Morgan fingerprint density at radius 3 is 2.12 bits per heavy atom. The smallest absolute Gasteiger partial charge is 0.0587 e. The fourth-order valence-corrected chi connectivity index (χ4v) is 5.30. The van der Waals surface area contributed by atoms with E-state index in [-0.39, 0.29) is 0 Å². The molecule has 17 heavy (non-hydrogen) atoms. The molecule has 0 radical (unpaired) electrons. The summed E-state index contributed by atoms with van der Waals surface area (Å²) in [5.41, 5.74) is 0.641. The molecule has 2 nitrogen and oxygen atoms in total. The van der Waals surface area contributed by atoms with Crippen LogP contribution in [-0.2, 0) is 4.74 Å². The average Bonchev–Trinajstić information content (AvgIpc) is 2.27. The number of hydrogen-bond donors (Lipinski definition) is 1. The second kappa shape index (κ2) is 4.55. The van der Waals surface area contributed by atoms with Gasteiger partial charge in [0, 0.05) is 19.7 Å². The minimum atomic E-state index is 0.641. The molecular weight excluding hydrogens is 210 g/mol. The van der Waals surface area contributed by atoms with Crippen molar-refractivity contribution in [2.24, 2.45) is 23.2 Å². The van der Waals surface area contributed by atoms with E-state index in [0.29, 0.717) is 11.5 Å². The van der Waals surface area contributed by atoms with Gasteiger partial charge in [0.15, 0.2) is 0 Å². The SMILES string of the molecule is COCCNC(C)C12CC3CC(CC(C3)C1)C2. The lowest BCUT2D eigenvalue weighted by molar-refractivity contribution is -0.0708. The van der Waals surface area contributed by atoms with Crippen LogP contribution in [0.2, 0.25) is 0 Å². The Morgan fingerprint density at radius 1 is 1.12 bits per heavy atom. The molecule has 4 fully saturated rings. The van der Waals surface area contributed by atoms with E-state index in [1.54, 1.807) is 26.4 Å². The van der Waals surface area contributed by atoms with Crippen molar-refractivity contribution in [1.29, 1.82) is 0 Å². The van der Waals surface area contributed by atoms with E-state index in [9.17, 15) is 0 Å². The molecule has 0 amide bonds. The molecule has 1 atom stereocenters. The summed E-state index contributed by atoms with van der Waals surface area (Å²) in [6.45, 7) is 4.28. The lowest BCUT2D eigenvalue weighted by Crippen LogP contribution is -2.55. The molecular formula is C15H27NO. The molecule has 4 saturated carbocycles. The van der Waals surface area contributed by atoms with Crippen molar-refractivity contribution >= 4 is 0 Å². The molecule has 0 aromatic heterocycles. The second-order valence-corrected chi connectivity index (χ2v) is 6.95. The summed E-state index contributed by atoms with van der Waals surface area (Å²) < 4.78 is 5.15. The zero-order valence-corrected chi connectivity index (χ0v) is 11.4. The number of rotatable bonds is 5. The molecule has 4 aliphatic carbocycles. The minimum Gasteiger partial charge on any atom is -0.383 e. The largest absolute Gasteiger partial charge is 0.383 e. The molecule has 1 unspecified atom stereocenters. The molecule has 0 saturated heterocycles. The normalized spacial score (nSPS) is 45.2. The van der Waals surface area contributed by atoms with Gasteiger partial charge in [0.2, 0.25) is 0 Å². The maximum atomic E-state index is 5.15. The highest BCUT2D eigenvalue weighted by atomic mass is 16.5. The van der Waals surface area contributed by atoms with Crippen molar-refractivity contribution in [1.82, 2.24) is 5.32 Å². The summed E-state index contributed by atoms with van der Waals surface area (Å²) in [5, 5.41) is 3.72. The van der Waals surface area contributed by atoms with Crippen LogP contribution >= 0.6 is 0 Å². The summed E-state index contributed by atoms with van der Waals surface area (Å²) in [6, 6.07) is 0.686. The van der Waals surface area contributed by atoms with Gasteiger partial charge in [0.05, 0.1) is 6.61 Å². The van der Waals surface area contributed by atoms with Crippen LogP contribution in [-0.4, -0.2) is 26.3 Å². The maximum Gasteiger partial charge on any atom is 0.0587 e. The van der Waals surface area contributed by atoms with Crippen LogP contribution in [0.5, 0.6) is 0 Å². The first-order chi connectivity index (χ1) is 8.22. The van der Waals surface area contributed by atoms with Gasteiger partial charge >= 0.3 is 0 Å². The second-order valence-electron chi connectivity index (χ2n) is 6.95. The fraction of sp³-hybridized carbons (Fsp3) is 1.00. The number of hydrogen-bond acceptors (Lipinski definition) is 2. The Kier molecular flexibility index (Phi) is 3.20. The van der Waals surface area contributed by atoms with Gasteiger partial charge < -0.3 is 10.1 Å². The Morgan fingerprint density at radius 2 is 1.65 bits per heavy atom. The lowest BCUT2D eigenvalue weighted by atomic mass is 9.48.